The third kappa shape index (κ3) is 3.53. The topological polar surface area (TPSA) is 68.7 Å². The van der Waals surface area contributed by atoms with Crippen LogP contribution in [0.3, 0.4) is 0 Å². The zero-order valence-corrected chi connectivity index (χ0v) is 15.3. The molecule has 0 N–H and O–H groups in total. The number of rotatable bonds is 3. The first kappa shape index (κ1) is 17.6. The summed E-state index contributed by atoms with van der Waals surface area (Å²) in [5.41, 5.74) is 2.48. The number of pyridine rings is 2. The van der Waals surface area contributed by atoms with Gasteiger partial charge < -0.3 is 4.57 Å². The molecule has 0 saturated carbocycles. The number of hydrogen-bond acceptors (Lipinski definition) is 3. The van der Waals surface area contributed by atoms with Crippen LogP contribution in [-0.2, 0) is 6.54 Å². The molecule has 0 fully saturated rings. The molecular weight excluding hydrogens is 352 g/mol. The van der Waals surface area contributed by atoms with E-state index >= 15 is 0 Å². The summed E-state index contributed by atoms with van der Waals surface area (Å²) in [5.74, 6) is -0.610. The monoisotopic (exact) mass is 370 g/mol. The van der Waals surface area contributed by atoms with Gasteiger partial charge in [0.1, 0.15) is 16.7 Å². The average molecular weight is 370 g/mol. The molecular formula is C22H18N4O2. The van der Waals surface area contributed by atoms with Gasteiger partial charge in [-0.3, -0.25) is 14.0 Å². The molecule has 1 amide bonds. The molecule has 0 aliphatic carbocycles. The molecule has 0 spiro atoms. The Morgan fingerprint density at radius 2 is 1.82 bits per heavy atom. The Morgan fingerprint density at radius 3 is 2.64 bits per heavy atom. The summed E-state index contributed by atoms with van der Waals surface area (Å²) in [6, 6.07) is 18.9. The number of aryl methyl sites for hydroxylation is 1. The second-order valence-electron chi connectivity index (χ2n) is 6.50. The number of carbonyl (C=O) groups excluding carboxylic acids is 1. The Bertz CT molecular complexity index is 1290. The van der Waals surface area contributed by atoms with Gasteiger partial charge in [0, 0.05) is 25.1 Å². The molecule has 3 heterocycles. The second kappa shape index (κ2) is 7.44. The van der Waals surface area contributed by atoms with Crippen LogP contribution in [0.4, 0.5) is 0 Å². The Balaban J connectivity index is 1.76. The van der Waals surface area contributed by atoms with Crippen LogP contribution in [0.1, 0.15) is 21.5 Å². The first-order chi connectivity index (χ1) is 13.6. The molecule has 4 rings (SSSR count). The summed E-state index contributed by atoms with van der Waals surface area (Å²) in [4.78, 5) is 33.9. The molecule has 0 unspecified atom stereocenters. The summed E-state index contributed by atoms with van der Waals surface area (Å²) in [5, 5.41) is 0. The fourth-order valence-electron chi connectivity index (χ4n) is 2.98. The molecule has 6 nitrogen and oxygen atoms in total. The van der Waals surface area contributed by atoms with Crippen LogP contribution < -0.4 is 11.0 Å². The van der Waals surface area contributed by atoms with Crippen LogP contribution in [0.25, 0.3) is 5.65 Å². The lowest BCUT2D eigenvalue weighted by atomic mass is 10.2. The van der Waals surface area contributed by atoms with E-state index < -0.39 is 11.5 Å². The number of hydrogen-bond donors (Lipinski definition) is 0. The molecule has 0 aliphatic rings. The van der Waals surface area contributed by atoms with E-state index in [0.29, 0.717) is 17.7 Å². The van der Waals surface area contributed by atoms with Gasteiger partial charge in [-0.25, -0.2) is 4.98 Å². The molecule has 0 atom stereocenters. The van der Waals surface area contributed by atoms with E-state index in [2.05, 4.69) is 9.98 Å². The maximum Gasteiger partial charge on any atom is 0.286 e. The highest BCUT2D eigenvalue weighted by molar-refractivity contribution is 5.94. The highest BCUT2D eigenvalue weighted by Gasteiger charge is 2.13. The third-order valence-corrected chi connectivity index (χ3v) is 4.41. The summed E-state index contributed by atoms with van der Waals surface area (Å²) in [6.45, 7) is 2.45. The van der Waals surface area contributed by atoms with Gasteiger partial charge in [0.15, 0.2) is 0 Å². The fourth-order valence-corrected chi connectivity index (χ4v) is 2.98. The van der Waals surface area contributed by atoms with Gasteiger partial charge in [-0.2, -0.15) is 4.99 Å². The van der Waals surface area contributed by atoms with Gasteiger partial charge in [0.2, 0.25) is 0 Å². The molecule has 0 bridgehead atoms. The fraction of sp³-hybridized carbons (Fsp3) is 0.0909. The predicted octanol–water partition coefficient (Wildman–Crippen LogP) is 2.59. The van der Waals surface area contributed by atoms with Crippen molar-refractivity contribution in [2.45, 2.75) is 13.5 Å². The van der Waals surface area contributed by atoms with Gasteiger partial charge in [-0.1, -0.05) is 42.5 Å². The molecule has 3 aromatic heterocycles. The number of fused-ring (bicyclic) bond motifs is 1. The highest BCUT2D eigenvalue weighted by Crippen LogP contribution is 2.03. The van der Waals surface area contributed by atoms with E-state index in [1.807, 2.05) is 66.2 Å². The quantitative estimate of drug-likeness (QED) is 0.557. The van der Waals surface area contributed by atoms with E-state index in [9.17, 15) is 9.59 Å². The maximum atomic E-state index is 12.7. The molecule has 4 aromatic rings. The standard InChI is InChI=1S/C22H18N4O2/c1-16-10-11-19-23-13-18(22(28)26(19)14-16)21(27)24-20-9-5-6-12-25(20)15-17-7-3-2-4-8-17/h2-14H,15H2,1H3. The molecule has 1 aromatic carbocycles. The largest absolute Gasteiger partial charge is 0.328 e. The average Bonchev–Trinajstić information content (AvgIpc) is 2.71. The Labute approximate surface area is 161 Å². The van der Waals surface area contributed by atoms with Gasteiger partial charge in [0.05, 0.1) is 0 Å². The number of nitrogens with zero attached hydrogens (tertiary/aromatic N) is 4. The third-order valence-electron chi connectivity index (χ3n) is 4.41. The summed E-state index contributed by atoms with van der Waals surface area (Å²) < 4.78 is 3.24. The van der Waals surface area contributed by atoms with Crippen molar-refractivity contribution in [3.8, 4) is 0 Å². The Morgan fingerprint density at radius 1 is 1.04 bits per heavy atom. The van der Waals surface area contributed by atoms with Crippen molar-refractivity contribution in [1.29, 1.82) is 0 Å². The predicted molar refractivity (Wildman–Crippen MR) is 106 cm³/mol. The van der Waals surface area contributed by atoms with E-state index in [1.54, 1.807) is 18.3 Å². The minimum absolute atomic E-state index is 0.0572. The molecule has 0 radical (unpaired) electrons. The summed E-state index contributed by atoms with van der Waals surface area (Å²) in [7, 11) is 0. The van der Waals surface area contributed by atoms with Crippen molar-refractivity contribution in [2.24, 2.45) is 4.99 Å². The first-order valence-electron chi connectivity index (χ1n) is 8.88. The second-order valence-corrected chi connectivity index (χ2v) is 6.50. The number of benzene rings is 1. The number of carbonyl (C=O) groups is 1. The van der Waals surface area contributed by atoms with Crippen molar-refractivity contribution in [3.63, 3.8) is 0 Å². The first-order valence-corrected chi connectivity index (χ1v) is 8.88. The van der Waals surface area contributed by atoms with Gasteiger partial charge in [0.25, 0.3) is 11.5 Å². The summed E-state index contributed by atoms with van der Waals surface area (Å²) >= 11 is 0. The van der Waals surface area contributed by atoms with E-state index in [-0.39, 0.29) is 5.56 Å². The van der Waals surface area contributed by atoms with Crippen molar-refractivity contribution < 1.29 is 4.79 Å². The normalized spacial score (nSPS) is 11.7. The van der Waals surface area contributed by atoms with Crippen LogP contribution in [0.2, 0.25) is 0 Å². The highest BCUT2D eigenvalue weighted by atomic mass is 16.2. The van der Waals surface area contributed by atoms with Crippen molar-refractivity contribution in [3.05, 3.63) is 112 Å². The van der Waals surface area contributed by atoms with Crippen molar-refractivity contribution in [2.75, 3.05) is 0 Å². The van der Waals surface area contributed by atoms with Crippen LogP contribution in [0.15, 0.2) is 89.0 Å². The zero-order chi connectivity index (χ0) is 19.5. The minimum Gasteiger partial charge on any atom is -0.328 e. The Kier molecular flexibility index (Phi) is 4.68. The zero-order valence-electron chi connectivity index (χ0n) is 15.3. The van der Waals surface area contributed by atoms with Crippen molar-refractivity contribution in [1.82, 2.24) is 14.0 Å². The van der Waals surface area contributed by atoms with Crippen LogP contribution >= 0.6 is 0 Å². The number of amides is 1. The molecule has 6 heteroatoms. The lowest BCUT2D eigenvalue weighted by Crippen LogP contribution is -2.26. The van der Waals surface area contributed by atoms with E-state index in [4.69, 9.17) is 0 Å². The van der Waals surface area contributed by atoms with E-state index in [1.165, 1.54) is 10.6 Å². The number of aromatic nitrogens is 3. The van der Waals surface area contributed by atoms with Crippen LogP contribution in [-0.4, -0.2) is 19.9 Å². The minimum atomic E-state index is -0.610. The Hall–Kier alpha value is -3.80. The molecule has 0 aliphatic heterocycles. The van der Waals surface area contributed by atoms with E-state index in [0.717, 1.165) is 11.1 Å². The lowest BCUT2D eigenvalue weighted by Gasteiger charge is -2.07. The summed E-state index contributed by atoms with van der Waals surface area (Å²) in [6.07, 6.45) is 4.82. The van der Waals surface area contributed by atoms with Gasteiger partial charge in [-0.15, -0.1) is 0 Å². The van der Waals surface area contributed by atoms with Crippen molar-refractivity contribution >= 4 is 11.6 Å². The molecule has 28 heavy (non-hydrogen) atoms. The van der Waals surface area contributed by atoms with Crippen LogP contribution in [0, 0.1) is 6.92 Å². The lowest BCUT2D eigenvalue weighted by molar-refractivity contribution is 0.0995. The SMILES string of the molecule is Cc1ccc2ncc(C(=O)N=c3ccccn3Cc3ccccc3)c(=O)n2c1. The maximum absolute atomic E-state index is 12.7. The van der Waals surface area contributed by atoms with Gasteiger partial charge >= 0.3 is 0 Å². The van der Waals surface area contributed by atoms with Crippen LogP contribution in [0.5, 0.6) is 0 Å². The molecule has 0 saturated heterocycles. The smallest absolute Gasteiger partial charge is 0.286 e. The molecule has 138 valence electrons. The van der Waals surface area contributed by atoms with Gasteiger partial charge in [-0.05, 0) is 36.2 Å².